The van der Waals surface area contributed by atoms with Crippen LogP contribution < -0.4 is 0 Å². The predicted octanol–water partition coefficient (Wildman–Crippen LogP) is 0.376. The van der Waals surface area contributed by atoms with Gasteiger partial charge in [0.25, 0.3) is 0 Å². The van der Waals surface area contributed by atoms with E-state index in [1.165, 1.54) is 0 Å². The van der Waals surface area contributed by atoms with E-state index in [4.69, 9.17) is 0 Å². The monoisotopic (exact) mass is 196 g/mol. The number of hydrogen-bond donors (Lipinski definition) is 0. The van der Waals surface area contributed by atoms with Gasteiger partial charge in [-0.05, 0) is 0 Å². The summed E-state index contributed by atoms with van der Waals surface area (Å²) in [4.78, 5) is 0. The van der Waals surface area contributed by atoms with Crippen LogP contribution in [0.4, 0.5) is 0 Å². The molecule has 0 bridgehead atoms. The van der Waals surface area contributed by atoms with Crippen LogP contribution in [0.15, 0.2) is 0 Å². The van der Waals surface area contributed by atoms with Crippen LogP contribution in [0.3, 0.4) is 0 Å². The molecule has 0 atom stereocenters. The first-order valence-electron chi connectivity index (χ1n) is 1.76. The normalized spacial score (nSPS) is 9.17. The van der Waals surface area contributed by atoms with Gasteiger partial charge in [-0.3, -0.25) is 0 Å². The van der Waals surface area contributed by atoms with Crippen molar-refractivity contribution in [1.82, 2.24) is 0 Å². The SMILES string of the molecule is CC(C)[O][Sb]=[O]. The molecule has 0 radical (unpaired) electrons. The van der Waals surface area contributed by atoms with E-state index in [2.05, 4.69) is 3.02 Å². The van der Waals surface area contributed by atoms with Gasteiger partial charge in [0.2, 0.25) is 0 Å². The van der Waals surface area contributed by atoms with E-state index in [0.29, 0.717) is 0 Å². The zero-order valence-electron chi connectivity index (χ0n) is 3.84. The third-order valence-electron chi connectivity index (χ3n) is 0.254. The number of hydrogen-bond acceptors (Lipinski definition) is 2. The Morgan fingerprint density at radius 2 is 2.17 bits per heavy atom. The average Bonchev–Trinajstić information content (AvgIpc) is 1.35. The van der Waals surface area contributed by atoms with Crippen molar-refractivity contribution in [3.05, 3.63) is 0 Å². The van der Waals surface area contributed by atoms with Crippen LogP contribution in [0.25, 0.3) is 0 Å². The molecule has 2 nitrogen and oxygen atoms in total. The molecule has 0 heterocycles. The Morgan fingerprint density at radius 3 is 2.17 bits per heavy atom. The minimum absolute atomic E-state index is 0.152. The van der Waals surface area contributed by atoms with Crippen molar-refractivity contribution >= 4 is 22.0 Å². The zero-order valence-corrected chi connectivity index (χ0v) is 6.39. The summed E-state index contributed by atoms with van der Waals surface area (Å²) < 4.78 is 14.3. The Labute approximate surface area is 48.4 Å². The molecule has 0 rings (SSSR count). The molecule has 0 aliphatic rings. The van der Waals surface area contributed by atoms with Crippen molar-refractivity contribution in [3.8, 4) is 0 Å². The van der Waals surface area contributed by atoms with E-state index in [-0.39, 0.29) is 6.10 Å². The molecule has 36 valence electrons. The summed E-state index contributed by atoms with van der Waals surface area (Å²) in [7, 11) is 0. The molecule has 0 aromatic rings. The van der Waals surface area contributed by atoms with Crippen molar-refractivity contribution in [2.45, 2.75) is 20.0 Å². The van der Waals surface area contributed by atoms with Gasteiger partial charge < -0.3 is 0 Å². The fraction of sp³-hybridized carbons (Fsp3) is 1.00. The summed E-state index contributed by atoms with van der Waals surface area (Å²) in [6.45, 7) is 3.74. The molecule has 0 N–H and O–H groups in total. The van der Waals surface area contributed by atoms with Gasteiger partial charge in [-0.1, -0.05) is 0 Å². The van der Waals surface area contributed by atoms with Crippen LogP contribution in [0, 0.1) is 0 Å². The first-order chi connectivity index (χ1) is 2.77. The molecule has 0 amide bonds. The van der Waals surface area contributed by atoms with Crippen molar-refractivity contribution in [2.24, 2.45) is 0 Å². The van der Waals surface area contributed by atoms with E-state index >= 15 is 0 Å². The molecule has 0 fully saturated rings. The minimum atomic E-state index is -1.46. The van der Waals surface area contributed by atoms with E-state index in [0.717, 1.165) is 0 Å². The molecular formula is C3H7O2Sb. The molecule has 3 heteroatoms. The Balaban J connectivity index is 2.81. The summed E-state index contributed by atoms with van der Waals surface area (Å²) in [6, 6.07) is 0. The first-order valence-corrected chi connectivity index (χ1v) is 3.84. The first kappa shape index (κ1) is 6.58. The van der Waals surface area contributed by atoms with Gasteiger partial charge in [0, 0.05) is 0 Å². The Kier molecular flexibility index (Phi) is 4.12. The molecule has 0 aliphatic heterocycles. The Morgan fingerprint density at radius 1 is 1.67 bits per heavy atom. The summed E-state index contributed by atoms with van der Waals surface area (Å²) >= 11 is -1.46. The maximum absolute atomic E-state index is 9.67. The fourth-order valence-electron chi connectivity index (χ4n) is 0.0861. The van der Waals surface area contributed by atoms with Gasteiger partial charge in [0.05, 0.1) is 0 Å². The molecule has 0 saturated heterocycles. The van der Waals surface area contributed by atoms with Gasteiger partial charge in [-0.2, -0.15) is 0 Å². The van der Waals surface area contributed by atoms with Gasteiger partial charge in [0.1, 0.15) is 0 Å². The van der Waals surface area contributed by atoms with Gasteiger partial charge in [-0.15, -0.1) is 0 Å². The van der Waals surface area contributed by atoms with Crippen molar-refractivity contribution in [2.75, 3.05) is 0 Å². The van der Waals surface area contributed by atoms with Crippen LogP contribution in [0.1, 0.15) is 13.8 Å². The Hall–Kier alpha value is 0.578. The third-order valence-corrected chi connectivity index (χ3v) is 1.70. The molecule has 0 aromatic heterocycles. The molecular weight excluding hydrogens is 190 g/mol. The quantitative estimate of drug-likeness (QED) is 0.597. The van der Waals surface area contributed by atoms with Gasteiger partial charge in [-0.25, -0.2) is 0 Å². The van der Waals surface area contributed by atoms with Gasteiger partial charge in [0.15, 0.2) is 0 Å². The summed E-state index contributed by atoms with van der Waals surface area (Å²) in [6.07, 6.45) is 0.152. The number of rotatable bonds is 2. The molecule has 0 aromatic carbocycles. The molecule has 0 spiro atoms. The summed E-state index contributed by atoms with van der Waals surface area (Å²) in [5.74, 6) is 0. The fourth-order valence-corrected chi connectivity index (χ4v) is 0.577. The van der Waals surface area contributed by atoms with Crippen LogP contribution in [-0.4, -0.2) is 28.1 Å². The standard InChI is InChI=1S/C3H7O.O.Sb/c1-3(2)4;;/h3H,1-2H3;;/q-1;;+1. The predicted molar refractivity (Wildman–Crippen MR) is 22.7 cm³/mol. The molecule has 0 saturated carbocycles. The molecule has 6 heavy (non-hydrogen) atoms. The second-order valence-corrected chi connectivity index (χ2v) is 2.26. The summed E-state index contributed by atoms with van der Waals surface area (Å²) in [5, 5.41) is 0. The Bertz CT molecular complexity index is 44.1. The van der Waals surface area contributed by atoms with Crippen LogP contribution in [0.5, 0.6) is 0 Å². The van der Waals surface area contributed by atoms with Crippen molar-refractivity contribution in [1.29, 1.82) is 0 Å². The van der Waals surface area contributed by atoms with Crippen LogP contribution in [0.2, 0.25) is 0 Å². The van der Waals surface area contributed by atoms with Gasteiger partial charge >= 0.3 is 48.0 Å². The molecule has 0 aliphatic carbocycles. The van der Waals surface area contributed by atoms with E-state index < -0.39 is 22.0 Å². The average molecular weight is 197 g/mol. The van der Waals surface area contributed by atoms with Crippen molar-refractivity contribution < 1.29 is 6.03 Å². The molecule has 0 unspecified atom stereocenters. The van der Waals surface area contributed by atoms with Crippen LogP contribution in [-0.2, 0) is 6.03 Å². The van der Waals surface area contributed by atoms with E-state index in [9.17, 15) is 3.02 Å². The van der Waals surface area contributed by atoms with E-state index in [1.54, 1.807) is 0 Å². The topological polar surface area (TPSA) is 26.3 Å². The second-order valence-electron chi connectivity index (χ2n) is 1.23. The van der Waals surface area contributed by atoms with Crippen LogP contribution >= 0.6 is 0 Å². The zero-order chi connectivity index (χ0) is 4.99. The third kappa shape index (κ3) is 4.58. The summed E-state index contributed by atoms with van der Waals surface area (Å²) in [5.41, 5.74) is 0. The second kappa shape index (κ2) is 3.76. The van der Waals surface area contributed by atoms with Crippen molar-refractivity contribution in [3.63, 3.8) is 0 Å². The maximum atomic E-state index is 9.67. The van der Waals surface area contributed by atoms with E-state index in [1.807, 2.05) is 13.8 Å².